The van der Waals surface area contributed by atoms with E-state index in [4.69, 9.17) is 20.9 Å². The van der Waals surface area contributed by atoms with E-state index in [0.29, 0.717) is 41.1 Å². The Hall–Kier alpha value is -2.22. The zero-order valence-corrected chi connectivity index (χ0v) is 12.5. The molecule has 0 aliphatic heterocycles. The highest BCUT2D eigenvalue weighted by Gasteiger charge is 2.20. The summed E-state index contributed by atoms with van der Waals surface area (Å²) in [6, 6.07) is 0. The summed E-state index contributed by atoms with van der Waals surface area (Å²) in [7, 11) is 1.53. The third-order valence-corrected chi connectivity index (χ3v) is 3.14. The molecule has 3 heterocycles. The molecule has 3 aromatic rings. The van der Waals surface area contributed by atoms with Crippen molar-refractivity contribution in [2.24, 2.45) is 0 Å². The highest BCUT2D eigenvalue weighted by Crippen LogP contribution is 2.27. The first kappa shape index (κ1) is 13.7. The second-order valence-electron chi connectivity index (χ2n) is 4.46. The topological polar surface area (TPSA) is 91.8 Å². The average molecular weight is 309 g/mol. The fourth-order valence-corrected chi connectivity index (χ4v) is 2.25. The summed E-state index contributed by atoms with van der Waals surface area (Å²) >= 11 is 6.21. The van der Waals surface area contributed by atoms with Crippen LogP contribution in [0.3, 0.4) is 0 Å². The molecule has 0 aliphatic rings. The van der Waals surface area contributed by atoms with Crippen molar-refractivity contribution in [3.63, 3.8) is 0 Å². The lowest BCUT2D eigenvalue weighted by Crippen LogP contribution is -2.07. The molecule has 21 heavy (non-hydrogen) atoms. The van der Waals surface area contributed by atoms with E-state index in [-0.39, 0.29) is 5.38 Å². The number of halogens is 1. The number of methoxy groups -OCH3 is 1. The normalized spacial score (nSPS) is 12.8. The van der Waals surface area contributed by atoms with Gasteiger partial charge < -0.3 is 13.8 Å². The van der Waals surface area contributed by atoms with Crippen molar-refractivity contribution in [1.82, 2.24) is 29.7 Å². The number of rotatable bonds is 4. The first-order valence-electron chi connectivity index (χ1n) is 6.28. The van der Waals surface area contributed by atoms with E-state index < -0.39 is 0 Å². The minimum Gasteiger partial charge on any atom is -0.479 e. The molecule has 9 heteroatoms. The summed E-state index contributed by atoms with van der Waals surface area (Å²) in [4.78, 5) is 17.0. The van der Waals surface area contributed by atoms with Gasteiger partial charge in [-0.3, -0.25) is 0 Å². The zero-order valence-electron chi connectivity index (χ0n) is 11.7. The largest absolute Gasteiger partial charge is 0.479 e. The molecule has 0 amide bonds. The van der Waals surface area contributed by atoms with Crippen LogP contribution in [0.4, 0.5) is 0 Å². The van der Waals surface area contributed by atoms with Crippen LogP contribution < -0.4 is 4.74 Å². The van der Waals surface area contributed by atoms with E-state index in [2.05, 4.69) is 25.1 Å². The Kier molecular flexibility index (Phi) is 3.46. The van der Waals surface area contributed by atoms with Gasteiger partial charge in [-0.15, -0.1) is 11.6 Å². The van der Waals surface area contributed by atoms with Gasteiger partial charge in [-0.2, -0.15) is 9.97 Å². The van der Waals surface area contributed by atoms with Crippen molar-refractivity contribution < 1.29 is 9.26 Å². The molecule has 0 fully saturated rings. The molecule has 0 N–H and O–H groups in total. The number of aromatic nitrogens is 6. The molecule has 0 aromatic carbocycles. The molecule has 3 aromatic heterocycles. The van der Waals surface area contributed by atoms with Gasteiger partial charge in [-0.05, 0) is 13.8 Å². The number of ether oxygens (including phenoxy) is 1. The maximum atomic E-state index is 6.21. The highest BCUT2D eigenvalue weighted by atomic mass is 35.5. The van der Waals surface area contributed by atoms with Crippen LogP contribution in [0.5, 0.6) is 5.88 Å². The summed E-state index contributed by atoms with van der Waals surface area (Å²) < 4.78 is 12.2. The summed E-state index contributed by atoms with van der Waals surface area (Å²) in [5.41, 5.74) is 1.17. The van der Waals surface area contributed by atoms with Crippen LogP contribution in [-0.4, -0.2) is 36.8 Å². The van der Waals surface area contributed by atoms with Crippen molar-refractivity contribution >= 4 is 22.8 Å². The molecular weight excluding hydrogens is 296 g/mol. The Morgan fingerprint density at radius 3 is 2.81 bits per heavy atom. The summed E-state index contributed by atoms with van der Waals surface area (Å²) in [6.07, 6.45) is 1.42. The van der Waals surface area contributed by atoms with E-state index >= 15 is 0 Å². The zero-order chi connectivity index (χ0) is 15.0. The van der Waals surface area contributed by atoms with Crippen LogP contribution in [-0.2, 0) is 6.54 Å². The molecule has 3 rings (SSSR count). The monoisotopic (exact) mass is 308 g/mol. The lowest BCUT2D eigenvalue weighted by molar-refractivity contribution is 0.367. The second-order valence-corrected chi connectivity index (χ2v) is 5.12. The molecule has 1 atom stereocenters. The van der Waals surface area contributed by atoms with Crippen molar-refractivity contribution in [1.29, 1.82) is 0 Å². The van der Waals surface area contributed by atoms with Gasteiger partial charge in [-0.25, -0.2) is 9.97 Å². The fraction of sp³-hybridized carbons (Fsp3) is 0.417. The van der Waals surface area contributed by atoms with E-state index in [9.17, 15) is 0 Å². The lowest BCUT2D eigenvalue weighted by atomic mass is 10.4. The van der Waals surface area contributed by atoms with Gasteiger partial charge in [0.2, 0.25) is 11.8 Å². The van der Waals surface area contributed by atoms with E-state index in [1.807, 2.05) is 11.5 Å². The van der Waals surface area contributed by atoms with Crippen LogP contribution in [0.2, 0.25) is 0 Å². The van der Waals surface area contributed by atoms with Gasteiger partial charge in [0.15, 0.2) is 17.0 Å². The van der Waals surface area contributed by atoms with Crippen LogP contribution in [0.15, 0.2) is 10.9 Å². The lowest BCUT2D eigenvalue weighted by Gasteiger charge is -2.06. The van der Waals surface area contributed by atoms with Gasteiger partial charge in [-0.1, -0.05) is 5.16 Å². The maximum absolute atomic E-state index is 6.21. The van der Waals surface area contributed by atoms with Gasteiger partial charge >= 0.3 is 0 Å². The number of nitrogens with zero attached hydrogens (tertiary/aromatic N) is 6. The summed E-state index contributed by atoms with van der Waals surface area (Å²) in [6.45, 7) is 3.93. The summed E-state index contributed by atoms with van der Waals surface area (Å²) in [5.74, 6) is 2.07. The van der Waals surface area contributed by atoms with Gasteiger partial charge in [0.25, 0.3) is 0 Å². The Morgan fingerprint density at radius 2 is 2.19 bits per heavy atom. The molecule has 0 spiro atoms. The van der Waals surface area contributed by atoms with E-state index in [1.54, 1.807) is 6.92 Å². The Morgan fingerprint density at radius 1 is 1.38 bits per heavy atom. The SMILES string of the molecule is COc1ncnc2c1nc(C(C)Cl)n2Cc1nc(C)no1. The third kappa shape index (κ3) is 2.42. The third-order valence-electron chi connectivity index (χ3n) is 2.94. The number of hydrogen-bond acceptors (Lipinski definition) is 7. The van der Waals surface area contributed by atoms with Crippen LogP contribution in [0.1, 0.15) is 29.8 Å². The Labute approximate surface area is 125 Å². The quantitative estimate of drug-likeness (QED) is 0.679. The number of aryl methyl sites for hydroxylation is 1. The smallest absolute Gasteiger partial charge is 0.246 e. The first-order chi connectivity index (χ1) is 10.1. The predicted molar refractivity (Wildman–Crippen MR) is 74.3 cm³/mol. The molecule has 0 radical (unpaired) electrons. The van der Waals surface area contributed by atoms with Crippen molar-refractivity contribution in [2.75, 3.05) is 7.11 Å². The number of hydrogen-bond donors (Lipinski definition) is 0. The highest BCUT2D eigenvalue weighted by molar-refractivity contribution is 6.20. The minimum absolute atomic E-state index is 0.312. The van der Waals surface area contributed by atoms with Crippen molar-refractivity contribution in [3.05, 3.63) is 23.9 Å². The molecule has 0 bridgehead atoms. The molecular formula is C12H13ClN6O2. The molecule has 0 saturated carbocycles. The fourth-order valence-electron chi connectivity index (χ4n) is 2.08. The van der Waals surface area contributed by atoms with Gasteiger partial charge in [0, 0.05) is 0 Å². The van der Waals surface area contributed by atoms with E-state index in [0.717, 1.165) is 0 Å². The number of imidazole rings is 1. The molecule has 0 aliphatic carbocycles. The Balaban J connectivity index is 2.16. The average Bonchev–Trinajstić information content (AvgIpc) is 3.03. The summed E-state index contributed by atoms with van der Waals surface area (Å²) in [5, 5.41) is 3.46. The standard InChI is InChI=1S/C12H13ClN6O2/c1-6(13)10-17-9-11(14-5-15-12(9)20-3)19(10)4-8-16-7(2)18-21-8/h5-6H,4H2,1-3H3. The first-order valence-corrected chi connectivity index (χ1v) is 6.72. The van der Waals surface area contributed by atoms with Gasteiger partial charge in [0.1, 0.15) is 18.7 Å². The minimum atomic E-state index is -0.312. The van der Waals surface area contributed by atoms with Crippen LogP contribution in [0.25, 0.3) is 11.2 Å². The Bertz CT molecular complexity index is 781. The predicted octanol–water partition coefficient (Wildman–Crippen LogP) is 1.87. The maximum Gasteiger partial charge on any atom is 0.246 e. The number of alkyl halides is 1. The van der Waals surface area contributed by atoms with Gasteiger partial charge in [0.05, 0.1) is 12.5 Å². The number of fused-ring (bicyclic) bond motifs is 1. The molecule has 1 unspecified atom stereocenters. The van der Waals surface area contributed by atoms with Crippen LogP contribution >= 0.6 is 11.6 Å². The van der Waals surface area contributed by atoms with Crippen molar-refractivity contribution in [2.45, 2.75) is 25.8 Å². The molecule has 110 valence electrons. The molecule has 8 nitrogen and oxygen atoms in total. The van der Waals surface area contributed by atoms with Crippen molar-refractivity contribution in [3.8, 4) is 5.88 Å². The van der Waals surface area contributed by atoms with E-state index in [1.165, 1.54) is 13.4 Å². The van der Waals surface area contributed by atoms with Crippen LogP contribution in [0, 0.1) is 6.92 Å². The second kappa shape index (κ2) is 5.28. The molecule has 0 saturated heterocycles.